The van der Waals surface area contributed by atoms with Gasteiger partial charge in [0.05, 0.1) is 0 Å². The van der Waals surface area contributed by atoms with Crippen LogP contribution in [0, 0.1) is 0 Å². The Morgan fingerprint density at radius 2 is 0.683 bits per heavy atom. The summed E-state index contributed by atoms with van der Waals surface area (Å²) < 4.78 is 7.28. The van der Waals surface area contributed by atoms with Crippen LogP contribution in [0.25, 0.3) is 89.5 Å². The molecule has 0 saturated carbocycles. The molecular weight excluding hydrogens is 717 g/mol. The molecule has 0 amide bonds. The van der Waals surface area contributed by atoms with Gasteiger partial charge in [-0.15, -0.1) is 16.4 Å². The zero-order valence-corrected chi connectivity index (χ0v) is 36.6. The second-order valence-electron chi connectivity index (χ2n) is 16.7. The van der Waals surface area contributed by atoms with Gasteiger partial charge >= 0.3 is 0 Å². The first-order chi connectivity index (χ1) is 28.8. The maximum Gasteiger partial charge on any atom is 0.164 e. The fourth-order valence-electron chi connectivity index (χ4n) is 9.35. The minimum Gasteiger partial charge on any atom is -0.456 e. The highest BCUT2D eigenvalue weighted by Crippen LogP contribution is 2.33. The summed E-state index contributed by atoms with van der Waals surface area (Å²) in [7, 11) is 24.7. The van der Waals surface area contributed by atoms with Crippen LogP contribution in [0.5, 0.6) is 0 Å². The molecule has 0 spiro atoms. The molecule has 60 heavy (non-hydrogen) atoms. The zero-order valence-electron chi connectivity index (χ0n) is 36.6. The Bertz CT molecular complexity index is 3180. The van der Waals surface area contributed by atoms with Crippen molar-refractivity contribution in [3.8, 4) is 67.5 Å². The van der Waals surface area contributed by atoms with Crippen LogP contribution >= 0.6 is 0 Å². The van der Waals surface area contributed by atoms with Crippen molar-refractivity contribution < 1.29 is 4.42 Å². The van der Waals surface area contributed by atoms with Gasteiger partial charge < -0.3 is 4.42 Å². The highest BCUT2D eigenvalue weighted by atomic mass is 16.3. The van der Waals surface area contributed by atoms with E-state index in [0.717, 1.165) is 55.5 Å². The van der Waals surface area contributed by atoms with Gasteiger partial charge in [-0.05, 0) is 39.3 Å². The third-order valence-electron chi connectivity index (χ3n) is 13.6. The summed E-state index contributed by atoms with van der Waals surface area (Å²) in [6.45, 7) is 0. The summed E-state index contributed by atoms with van der Waals surface area (Å²) in [5, 5.41) is 2.37. The molecule has 2 heterocycles. The summed E-state index contributed by atoms with van der Waals surface area (Å²) in [4.78, 5) is 15.8. The summed E-state index contributed by atoms with van der Waals surface area (Å²) >= 11 is 0. The summed E-state index contributed by atoms with van der Waals surface area (Å²) in [5.74, 6) is 1.89. The smallest absolute Gasteiger partial charge is 0.164 e. The predicted octanol–water partition coefficient (Wildman–Crippen LogP) is -7.38. The molecule has 7 aromatic carbocycles. The van der Waals surface area contributed by atoms with Gasteiger partial charge in [-0.25, -0.2) is 15.0 Å². The molecular formula is C45H40B11N3O. The molecule has 0 aliphatic carbocycles. The van der Waals surface area contributed by atoms with E-state index in [1.807, 2.05) is 12.1 Å². The second-order valence-corrected chi connectivity index (χ2v) is 16.7. The Kier molecular flexibility index (Phi) is 10.1. The molecule has 15 heteroatoms. The van der Waals surface area contributed by atoms with E-state index in [4.69, 9.17) is 19.4 Å². The predicted molar refractivity (Wildman–Crippen MR) is 290 cm³/mol. The maximum absolute atomic E-state index is 7.28. The molecule has 0 N–H and O–H groups in total. The van der Waals surface area contributed by atoms with E-state index in [9.17, 15) is 0 Å². The van der Waals surface area contributed by atoms with E-state index in [2.05, 4.69) is 183 Å². The molecule has 2 aromatic heterocycles. The largest absolute Gasteiger partial charge is 0.456 e. The topological polar surface area (TPSA) is 51.8 Å². The second kappa shape index (κ2) is 15.3. The monoisotopic (exact) mass is 759 g/mol. The number of aromatic nitrogens is 3. The summed E-state index contributed by atoms with van der Waals surface area (Å²) in [6.07, 6.45) is 0. The lowest BCUT2D eigenvalue weighted by molar-refractivity contribution is 0.673. The third-order valence-corrected chi connectivity index (χ3v) is 13.6. The summed E-state index contributed by atoms with van der Waals surface area (Å²) in [5.41, 5.74) is 25.5. The fourth-order valence-corrected chi connectivity index (χ4v) is 9.35. The molecule has 0 aliphatic rings. The van der Waals surface area contributed by atoms with E-state index >= 15 is 0 Å². The van der Waals surface area contributed by atoms with E-state index in [1.54, 1.807) is 0 Å². The van der Waals surface area contributed by atoms with Gasteiger partial charge in [0.2, 0.25) is 0 Å². The van der Waals surface area contributed by atoms with Crippen LogP contribution in [0.2, 0.25) is 0 Å². The molecule has 0 unspecified atom stereocenters. The van der Waals surface area contributed by atoms with Gasteiger partial charge in [0.1, 0.15) is 97.5 Å². The third kappa shape index (κ3) is 6.36. The first kappa shape index (κ1) is 39.5. The van der Waals surface area contributed by atoms with Crippen LogP contribution < -0.4 is 60.1 Å². The fraction of sp³-hybridized carbons (Fsp3) is 0. The van der Waals surface area contributed by atoms with Crippen molar-refractivity contribution in [1.82, 2.24) is 15.0 Å². The molecule has 0 radical (unpaired) electrons. The minimum absolute atomic E-state index is 0.626. The van der Waals surface area contributed by atoms with Crippen molar-refractivity contribution in [1.29, 1.82) is 0 Å². The normalized spacial score (nSPS) is 11.4. The van der Waals surface area contributed by atoms with Gasteiger partial charge in [0.25, 0.3) is 0 Å². The minimum atomic E-state index is 0.626. The first-order valence-electron chi connectivity index (χ1n) is 21.0. The molecule has 274 valence electrons. The van der Waals surface area contributed by atoms with E-state index in [1.165, 1.54) is 76.6 Å². The van der Waals surface area contributed by atoms with Crippen molar-refractivity contribution in [3.05, 3.63) is 109 Å². The molecule has 0 aliphatic heterocycles. The summed E-state index contributed by atoms with van der Waals surface area (Å²) in [6, 6.07) is 37.9. The van der Waals surface area contributed by atoms with Gasteiger partial charge in [0, 0.05) is 33.0 Å². The number of hydrogen-bond acceptors (Lipinski definition) is 4. The van der Waals surface area contributed by atoms with Crippen LogP contribution in [0.4, 0.5) is 0 Å². The molecule has 9 rings (SSSR count). The van der Waals surface area contributed by atoms with Crippen LogP contribution in [0.15, 0.2) is 114 Å². The van der Waals surface area contributed by atoms with E-state index < -0.39 is 0 Å². The van der Waals surface area contributed by atoms with Crippen molar-refractivity contribution in [2.45, 2.75) is 0 Å². The molecule has 0 atom stereocenters. The quantitative estimate of drug-likeness (QED) is 0.159. The Morgan fingerprint density at radius 3 is 1.30 bits per heavy atom. The molecule has 0 fully saturated rings. The SMILES string of the molecule is Bc1c(B)c(B)c(-c2c(B)c(B)c(B)c3c2oc2c(B)c(-c4nc(-c5ccc(-c6ccccc6)cc5)nc(-c5cccc(-c6ccccc6)c5)n4)c(B)c(B)c23)c(B)c1B. The molecule has 0 bridgehead atoms. The van der Waals surface area contributed by atoms with Gasteiger partial charge in [-0.2, -0.15) is 0 Å². The lowest BCUT2D eigenvalue weighted by atomic mass is 9.58. The van der Waals surface area contributed by atoms with Crippen molar-refractivity contribution >= 4 is 168 Å². The molecule has 0 saturated heterocycles. The van der Waals surface area contributed by atoms with Gasteiger partial charge in [-0.3, -0.25) is 0 Å². The van der Waals surface area contributed by atoms with Crippen LogP contribution in [-0.2, 0) is 0 Å². The lowest BCUT2D eigenvalue weighted by Gasteiger charge is -2.23. The highest BCUT2D eigenvalue weighted by Gasteiger charge is 2.27. The van der Waals surface area contributed by atoms with Crippen molar-refractivity contribution in [2.24, 2.45) is 0 Å². The lowest BCUT2D eigenvalue weighted by Crippen LogP contribution is -2.56. The van der Waals surface area contributed by atoms with Crippen molar-refractivity contribution in [3.63, 3.8) is 0 Å². The number of fused-ring (bicyclic) bond motifs is 3. The number of furan rings is 1. The van der Waals surface area contributed by atoms with E-state index in [-0.39, 0.29) is 0 Å². The van der Waals surface area contributed by atoms with Gasteiger partial charge in [0.15, 0.2) is 17.5 Å². The zero-order chi connectivity index (χ0) is 42.1. The van der Waals surface area contributed by atoms with Crippen LogP contribution in [-0.4, -0.2) is 101 Å². The molecule has 9 aromatic rings. The Balaban J connectivity index is 1.30. The highest BCUT2D eigenvalue weighted by molar-refractivity contribution is 6.71. The number of benzene rings is 7. The van der Waals surface area contributed by atoms with Crippen LogP contribution in [0.1, 0.15) is 0 Å². The number of nitrogens with zero attached hydrogens (tertiary/aromatic N) is 3. The molecule has 4 nitrogen and oxygen atoms in total. The Hall–Kier alpha value is -5.94. The van der Waals surface area contributed by atoms with Crippen molar-refractivity contribution in [2.75, 3.05) is 0 Å². The van der Waals surface area contributed by atoms with Crippen LogP contribution in [0.3, 0.4) is 0 Å². The Labute approximate surface area is 362 Å². The average Bonchev–Trinajstić information content (AvgIpc) is 3.69. The van der Waals surface area contributed by atoms with Gasteiger partial charge in [-0.1, -0.05) is 141 Å². The van der Waals surface area contributed by atoms with E-state index in [0.29, 0.717) is 17.5 Å². The number of hydrogen-bond donors (Lipinski definition) is 0. The maximum atomic E-state index is 7.28. The first-order valence-corrected chi connectivity index (χ1v) is 21.0. The Morgan fingerprint density at radius 1 is 0.283 bits per heavy atom. The average molecular weight is 758 g/mol. The number of rotatable bonds is 6. The standard InChI is InChI=1S/C45H40B11N3O/c46-30-25(31(47)39(55)40(56)38(30)54)26-33(49)37(53)34(50)27-28-32(48)35(51)29(36(52)42(28)60-41(26)27)45-58-43(22-16-14-21(15-17-22)19-8-3-1-4-9-19)57-44(59-45)24-13-7-12-23(18-24)20-10-5-2-6-11-20/h1-18H,46-56H2.